The topological polar surface area (TPSA) is 83.1 Å². The molecule has 3 aliphatic heterocycles. The molecule has 11 heteroatoms. The van der Waals surface area contributed by atoms with Crippen LogP contribution in [0.25, 0.3) is 0 Å². The molecule has 5 rings (SSSR count). The molecule has 1 aliphatic carbocycles. The largest absolute Gasteiger partial charge is 0.487 e. The third-order valence-corrected chi connectivity index (χ3v) is 8.09. The van der Waals surface area contributed by atoms with Crippen LogP contribution in [0.2, 0.25) is 0 Å². The third kappa shape index (κ3) is 5.88. The number of halogens is 3. The Balaban J connectivity index is 1.14. The van der Waals surface area contributed by atoms with E-state index >= 15 is 0 Å². The van der Waals surface area contributed by atoms with Crippen molar-refractivity contribution in [2.75, 3.05) is 39.4 Å². The molecule has 1 unspecified atom stereocenters. The molecule has 212 valence electrons. The predicted octanol–water partition coefficient (Wildman–Crippen LogP) is 4.48. The summed E-state index contributed by atoms with van der Waals surface area (Å²) >= 11 is 0. The van der Waals surface area contributed by atoms with Crippen LogP contribution in [-0.4, -0.2) is 78.6 Å². The van der Waals surface area contributed by atoms with Crippen LogP contribution in [0.3, 0.4) is 0 Å². The van der Waals surface area contributed by atoms with E-state index in [2.05, 4.69) is 28.8 Å². The smallest absolute Gasteiger partial charge is 0.411 e. The fourth-order valence-electron chi connectivity index (χ4n) is 5.43. The van der Waals surface area contributed by atoms with Crippen LogP contribution >= 0.6 is 0 Å². The zero-order chi connectivity index (χ0) is 27.8. The monoisotopic (exact) mass is 548 g/mol. The van der Waals surface area contributed by atoms with Gasteiger partial charge in [-0.3, -0.25) is 0 Å². The fourth-order valence-corrected chi connectivity index (χ4v) is 5.43. The van der Waals surface area contributed by atoms with Crippen LogP contribution in [0.15, 0.2) is 42.1 Å². The van der Waals surface area contributed by atoms with E-state index in [1.807, 2.05) is 18.2 Å². The number of likely N-dealkylation sites (tertiary alicyclic amines) is 1. The number of benzene rings is 1. The highest BCUT2D eigenvalue weighted by atomic mass is 19.4. The van der Waals surface area contributed by atoms with Crippen LogP contribution in [0.5, 0.6) is 5.75 Å². The zero-order valence-electron chi connectivity index (χ0n) is 22.3. The van der Waals surface area contributed by atoms with Gasteiger partial charge in [-0.1, -0.05) is 24.3 Å². The number of carbonyl (C=O) groups is 2. The van der Waals surface area contributed by atoms with Gasteiger partial charge in [0.25, 0.3) is 0 Å². The lowest BCUT2D eigenvalue weighted by atomic mass is 9.85. The average Bonchev–Trinajstić information content (AvgIpc) is 3.25. The Labute approximate surface area is 226 Å². The maximum atomic E-state index is 13.2. The molecular weight excluding hydrogens is 513 g/mol. The number of hydrogen-bond acceptors (Lipinski definition) is 4. The Morgan fingerprint density at radius 3 is 2.36 bits per heavy atom. The van der Waals surface area contributed by atoms with Gasteiger partial charge in [0.1, 0.15) is 16.9 Å². The molecule has 1 aromatic carbocycles. The van der Waals surface area contributed by atoms with Gasteiger partial charge in [-0.15, -0.1) is 0 Å². The SMILES string of the molecule is CC(C)(NC(=O)N1CCC2(CC1)Cc1cc(C3C=CC(NC(=O)N4CCOCC4)=CC3)ccc1O2)C(F)(F)F. The van der Waals surface area contributed by atoms with E-state index < -0.39 is 23.3 Å². The summed E-state index contributed by atoms with van der Waals surface area (Å²) in [6.45, 7) is 4.88. The van der Waals surface area contributed by atoms with E-state index in [1.54, 1.807) is 4.90 Å². The number of amides is 4. The van der Waals surface area contributed by atoms with Crippen molar-refractivity contribution in [1.29, 1.82) is 0 Å². The van der Waals surface area contributed by atoms with Crippen LogP contribution in [0.1, 0.15) is 50.2 Å². The second-order valence-electron chi connectivity index (χ2n) is 11.3. The summed E-state index contributed by atoms with van der Waals surface area (Å²) in [6.07, 6.45) is 4.11. The number of allylic oxidation sites excluding steroid dienone is 3. The lowest BCUT2D eigenvalue weighted by Crippen LogP contribution is -2.59. The highest BCUT2D eigenvalue weighted by Crippen LogP contribution is 2.43. The van der Waals surface area contributed by atoms with Gasteiger partial charge in [0.15, 0.2) is 0 Å². The standard InChI is InChI=1S/C28H35F3N4O4/c1-26(2,28(29,30)31)33-25(37)34-11-9-27(10-12-34)18-21-17-20(5-8-23(21)39-27)19-3-6-22(7-4-19)32-24(36)35-13-15-38-16-14-35/h3,5-8,17,19H,4,9-16,18H2,1-2H3,(H,32,36)(H,33,37). The van der Waals surface area contributed by atoms with Crippen LogP contribution in [0.4, 0.5) is 22.8 Å². The molecule has 2 N–H and O–H groups in total. The second-order valence-corrected chi connectivity index (χ2v) is 11.3. The number of nitrogens with one attached hydrogen (secondary N) is 2. The molecule has 8 nitrogen and oxygen atoms in total. The molecule has 4 amide bonds. The number of carbonyl (C=O) groups excluding carboxylic acids is 2. The molecule has 4 aliphatic rings. The van der Waals surface area contributed by atoms with Crippen molar-refractivity contribution in [2.45, 2.75) is 62.8 Å². The first-order chi connectivity index (χ1) is 18.4. The highest BCUT2D eigenvalue weighted by molar-refractivity contribution is 5.77. The Morgan fingerprint density at radius 2 is 1.72 bits per heavy atom. The van der Waals surface area contributed by atoms with Crippen molar-refractivity contribution >= 4 is 12.1 Å². The minimum Gasteiger partial charge on any atom is -0.487 e. The van der Waals surface area contributed by atoms with E-state index in [4.69, 9.17) is 9.47 Å². The number of fused-ring (bicyclic) bond motifs is 1. The van der Waals surface area contributed by atoms with E-state index in [0.29, 0.717) is 58.7 Å². The molecule has 3 heterocycles. The summed E-state index contributed by atoms with van der Waals surface area (Å²) < 4.78 is 51.2. The van der Waals surface area contributed by atoms with Crippen molar-refractivity contribution in [3.05, 3.63) is 53.3 Å². The van der Waals surface area contributed by atoms with E-state index in [1.165, 1.54) is 4.90 Å². The first-order valence-corrected chi connectivity index (χ1v) is 13.4. The van der Waals surface area contributed by atoms with Gasteiger partial charge in [0, 0.05) is 57.1 Å². The van der Waals surface area contributed by atoms with Crippen LogP contribution in [0, 0.1) is 0 Å². The summed E-state index contributed by atoms with van der Waals surface area (Å²) in [4.78, 5) is 28.1. The van der Waals surface area contributed by atoms with Gasteiger partial charge in [-0.25, -0.2) is 9.59 Å². The molecule has 0 radical (unpaired) electrons. The number of nitrogens with zero attached hydrogens (tertiary/aromatic N) is 2. The van der Waals surface area contributed by atoms with Crippen molar-refractivity contribution < 1.29 is 32.2 Å². The maximum Gasteiger partial charge on any atom is 0.411 e. The van der Waals surface area contributed by atoms with Crippen LogP contribution < -0.4 is 15.4 Å². The normalized spacial score (nSPS) is 22.7. The Bertz CT molecular complexity index is 1170. The molecule has 2 saturated heterocycles. The molecule has 1 aromatic rings. The van der Waals surface area contributed by atoms with Gasteiger partial charge in [-0.05, 0) is 43.5 Å². The third-order valence-electron chi connectivity index (χ3n) is 8.09. The molecule has 1 spiro atoms. The lowest BCUT2D eigenvalue weighted by Gasteiger charge is -2.40. The summed E-state index contributed by atoms with van der Waals surface area (Å²) in [5.41, 5.74) is 0.309. The molecule has 0 bridgehead atoms. The lowest BCUT2D eigenvalue weighted by molar-refractivity contribution is -0.183. The summed E-state index contributed by atoms with van der Waals surface area (Å²) in [7, 11) is 0. The number of hydrogen-bond donors (Lipinski definition) is 2. The molecule has 2 fully saturated rings. The Hall–Kier alpha value is -3.21. The first-order valence-electron chi connectivity index (χ1n) is 13.4. The number of piperidine rings is 1. The van der Waals surface area contributed by atoms with Gasteiger partial charge in [0.2, 0.25) is 0 Å². The fraction of sp³-hybridized carbons (Fsp3) is 0.571. The van der Waals surface area contributed by atoms with Crippen LogP contribution in [-0.2, 0) is 11.2 Å². The maximum absolute atomic E-state index is 13.2. The summed E-state index contributed by atoms with van der Waals surface area (Å²) in [5, 5.41) is 5.09. The minimum absolute atomic E-state index is 0.111. The molecular formula is C28H35F3N4O4. The predicted molar refractivity (Wildman–Crippen MR) is 138 cm³/mol. The summed E-state index contributed by atoms with van der Waals surface area (Å²) in [6, 6.07) is 5.38. The van der Waals surface area contributed by atoms with Crippen molar-refractivity contribution in [3.8, 4) is 5.75 Å². The van der Waals surface area contributed by atoms with E-state index in [9.17, 15) is 22.8 Å². The number of ether oxygens (including phenoxy) is 2. The molecule has 0 aromatic heterocycles. The molecule has 39 heavy (non-hydrogen) atoms. The Kier molecular flexibility index (Phi) is 7.30. The van der Waals surface area contributed by atoms with Crippen molar-refractivity contribution in [3.63, 3.8) is 0 Å². The van der Waals surface area contributed by atoms with E-state index in [0.717, 1.165) is 42.8 Å². The second kappa shape index (κ2) is 10.4. The van der Waals surface area contributed by atoms with E-state index in [-0.39, 0.29) is 11.9 Å². The van der Waals surface area contributed by atoms with Gasteiger partial charge in [-0.2, -0.15) is 13.2 Å². The Morgan fingerprint density at radius 1 is 1.03 bits per heavy atom. The quantitative estimate of drug-likeness (QED) is 0.584. The number of alkyl halides is 3. The average molecular weight is 549 g/mol. The van der Waals surface area contributed by atoms with Gasteiger partial charge < -0.3 is 29.9 Å². The highest BCUT2D eigenvalue weighted by Gasteiger charge is 2.50. The number of rotatable bonds is 3. The molecule has 1 atom stereocenters. The van der Waals surface area contributed by atoms with Gasteiger partial charge in [0.05, 0.1) is 13.2 Å². The number of urea groups is 2. The van der Waals surface area contributed by atoms with Crippen molar-refractivity contribution in [1.82, 2.24) is 20.4 Å². The summed E-state index contributed by atoms with van der Waals surface area (Å²) in [5.74, 6) is 1.00. The number of morpholine rings is 1. The first kappa shape index (κ1) is 27.4. The molecule has 0 saturated carbocycles. The van der Waals surface area contributed by atoms with Gasteiger partial charge >= 0.3 is 18.2 Å². The van der Waals surface area contributed by atoms with Crippen molar-refractivity contribution in [2.24, 2.45) is 0 Å². The minimum atomic E-state index is -4.53. The zero-order valence-corrected chi connectivity index (χ0v) is 22.3.